The van der Waals surface area contributed by atoms with E-state index in [0.717, 1.165) is 27.3 Å². The van der Waals surface area contributed by atoms with E-state index in [1.54, 1.807) is 19.2 Å². The first kappa shape index (κ1) is 39.9. The molecule has 6 atom stereocenters. The Hall–Kier alpha value is -4.34. The number of rotatable bonds is 16. The Labute approximate surface area is 318 Å². The number of nitrogens with one attached hydrogen (secondary N) is 4. The Kier molecular flexibility index (Phi) is 13.6. The zero-order valence-corrected chi connectivity index (χ0v) is 32.2. The second-order valence-corrected chi connectivity index (χ2v) is 16.6. The third-order valence-electron chi connectivity index (χ3n) is 9.12. The molecule has 1 aliphatic carbocycles. The van der Waals surface area contributed by atoms with Gasteiger partial charge in [0.2, 0.25) is 17.7 Å². The molecular formula is C39H48N6O6S2. The third-order valence-corrected chi connectivity index (χ3v) is 11.1. The molecule has 0 radical (unpaired) electrons. The number of benzene rings is 3. The molecule has 0 bridgehead atoms. The summed E-state index contributed by atoms with van der Waals surface area (Å²) in [6.07, 6.45) is -1.72. The molecule has 0 saturated carbocycles. The monoisotopic (exact) mass is 760 g/mol. The Morgan fingerprint density at radius 2 is 1.64 bits per heavy atom. The van der Waals surface area contributed by atoms with Crippen molar-refractivity contribution in [1.82, 2.24) is 31.5 Å². The summed E-state index contributed by atoms with van der Waals surface area (Å²) in [6, 6.07) is 20.4. The van der Waals surface area contributed by atoms with Crippen molar-refractivity contribution in [2.24, 2.45) is 5.41 Å². The van der Waals surface area contributed by atoms with Crippen molar-refractivity contribution in [3.05, 3.63) is 106 Å². The number of methoxy groups -OCH3 is 1. The quantitative estimate of drug-likeness (QED) is 0.0929. The van der Waals surface area contributed by atoms with E-state index in [0.29, 0.717) is 16.5 Å². The van der Waals surface area contributed by atoms with E-state index in [4.69, 9.17) is 4.74 Å². The van der Waals surface area contributed by atoms with E-state index in [1.807, 2.05) is 94.4 Å². The molecule has 53 heavy (non-hydrogen) atoms. The highest BCUT2D eigenvalue weighted by atomic mass is 32.2. The number of aliphatic hydroxyl groups is 2. The molecule has 282 valence electrons. The van der Waals surface area contributed by atoms with Crippen LogP contribution in [0.4, 0.5) is 0 Å². The Bertz CT molecular complexity index is 1830. The smallest absolute Gasteiger partial charge is 0.243 e. The molecule has 4 aromatic rings. The highest BCUT2D eigenvalue weighted by Gasteiger charge is 2.40. The maximum atomic E-state index is 14.2. The van der Waals surface area contributed by atoms with Crippen molar-refractivity contribution in [1.29, 1.82) is 0 Å². The number of thioether (sulfide) groups is 1. The summed E-state index contributed by atoms with van der Waals surface area (Å²) in [6.45, 7) is 7.58. The fraction of sp³-hybridized carbons (Fsp3) is 0.410. The molecule has 0 saturated heterocycles. The van der Waals surface area contributed by atoms with Crippen LogP contribution >= 0.6 is 23.1 Å². The van der Waals surface area contributed by atoms with Crippen molar-refractivity contribution in [3.63, 3.8) is 0 Å². The Morgan fingerprint density at radius 3 is 2.30 bits per heavy atom. The molecule has 0 spiro atoms. The molecule has 1 aliphatic rings. The number of aromatic nitrogens is 2. The summed E-state index contributed by atoms with van der Waals surface area (Å²) in [7, 11) is 1.58. The second-order valence-electron chi connectivity index (χ2n) is 14.2. The number of nitrogens with zero attached hydrogens (tertiary/aromatic N) is 2. The number of aliphatic hydroxyl groups excluding tert-OH is 2. The van der Waals surface area contributed by atoms with Crippen LogP contribution in [-0.2, 0) is 33.8 Å². The lowest BCUT2D eigenvalue weighted by atomic mass is 9.85. The summed E-state index contributed by atoms with van der Waals surface area (Å²) in [4.78, 5) is 41.5. The van der Waals surface area contributed by atoms with Gasteiger partial charge in [0.25, 0.3) is 0 Å². The van der Waals surface area contributed by atoms with Gasteiger partial charge in [-0.05, 0) is 53.1 Å². The highest BCUT2D eigenvalue weighted by molar-refractivity contribution is 8.01. The first-order valence-corrected chi connectivity index (χ1v) is 19.3. The van der Waals surface area contributed by atoms with Gasteiger partial charge in [0.1, 0.15) is 22.8 Å². The number of amides is 3. The van der Waals surface area contributed by atoms with Crippen LogP contribution in [0.25, 0.3) is 0 Å². The number of ether oxygens (including phenoxy) is 1. The van der Waals surface area contributed by atoms with Crippen LogP contribution in [0.5, 0.6) is 5.75 Å². The molecule has 1 heterocycles. The van der Waals surface area contributed by atoms with Crippen LogP contribution in [0, 0.1) is 12.3 Å². The molecule has 3 amide bonds. The summed E-state index contributed by atoms with van der Waals surface area (Å²) < 4.78 is 5.94. The van der Waals surface area contributed by atoms with Crippen molar-refractivity contribution >= 4 is 40.8 Å². The van der Waals surface area contributed by atoms with E-state index in [2.05, 4.69) is 31.5 Å². The van der Waals surface area contributed by atoms with Gasteiger partial charge in [-0.2, -0.15) is 0 Å². The first-order valence-electron chi connectivity index (χ1n) is 17.5. The van der Waals surface area contributed by atoms with Crippen LogP contribution in [0.2, 0.25) is 0 Å². The normalized spacial score (nSPS) is 17.6. The lowest BCUT2D eigenvalue weighted by Gasteiger charge is -2.35. The van der Waals surface area contributed by atoms with E-state index < -0.39 is 53.6 Å². The summed E-state index contributed by atoms with van der Waals surface area (Å²) in [5.41, 5.74) is 2.71. The van der Waals surface area contributed by atoms with Crippen molar-refractivity contribution in [2.45, 2.75) is 87.8 Å². The first-order chi connectivity index (χ1) is 25.3. The van der Waals surface area contributed by atoms with Crippen molar-refractivity contribution in [3.8, 4) is 5.75 Å². The number of hydrogen-bond donors (Lipinski definition) is 6. The second kappa shape index (κ2) is 18.1. The van der Waals surface area contributed by atoms with Gasteiger partial charge in [-0.3, -0.25) is 19.7 Å². The summed E-state index contributed by atoms with van der Waals surface area (Å²) in [5.74, 6) is -0.678. The lowest BCUT2D eigenvalue weighted by molar-refractivity contribution is -0.133. The third kappa shape index (κ3) is 10.9. The van der Waals surface area contributed by atoms with Gasteiger partial charge in [0.15, 0.2) is 4.34 Å². The Morgan fingerprint density at radius 1 is 0.943 bits per heavy atom. The van der Waals surface area contributed by atoms with Gasteiger partial charge >= 0.3 is 0 Å². The van der Waals surface area contributed by atoms with Gasteiger partial charge in [-0.25, -0.2) is 0 Å². The number of hydrogen-bond acceptors (Lipinski definition) is 11. The standard InChI is InChI=1S/C39H48N6O6S2/c1-23-44-45-38(53-23)52-22-31(47)42-35(39(2,3)4)37(50)41-29(19-24-11-7-6-8-12-24)34(48)33(40-21-25-15-17-27(51-5)18-16-25)36(49)43-32-28-14-10-9-13-26(28)20-30(32)46/h6-18,29-30,32-35,40,46,48H,19-22H2,1-5H3,(H,41,50)(H,42,47)(H,43,49)/t29-,30?,32?,33+,34+,35+/m0/s1. The Balaban J connectivity index is 1.40. The molecule has 12 nitrogen and oxygen atoms in total. The van der Waals surface area contributed by atoms with Crippen LogP contribution in [0.3, 0.4) is 0 Å². The van der Waals surface area contributed by atoms with Crippen LogP contribution < -0.4 is 26.0 Å². The molecule has 5 rings (SSSR count). The van der Waals surface area contributed by atoms with E-state index in [9.17, 15) is 24.6 Å². The van der Waals surface area contributed by atoms with Crippen molar-refractivity contribution in [2.75, 3.05) is 12.9 Å². The average Bonchev–Trinajstić information content (AvgIpc) is 3.70. The highest BCUT2D eigenvalue weighted by Crippen LogP contribution is 2.31. The topological polar surface area (TPSA) is 175 Å². The minimum atomic E-state index is -1.45. The minimum absolute atomic E-state index is 0.0399. The predicted molar refractivity (Wildman–Crippen MR) is 205 cm³/mol. The fourth-order valence-corrected chi connectivity index (χ4v) is 7.92. The van der Waals surface area contributed by atoms with Crippen LogP contribution in [0.1, 0.15) is 54.1 Å². The number of carbonyl (C=O) groups excluding carboxylic acids is 3. The lowest BCUT2D eigenvalue weighted by Crippen LogP contribution is -2.62. The van der Waals surface area contributed by atoms with Crippen LogP contribution in [-0.4, -0.2) is 81.3 Å². The molecule has 0 aliphatic heterocycles. The molecular weight excluding hydrogens is 713 g/mol. The van der Waals surface area contributed by atoms with Gasteiger partial charge in [0.05, 0.1) is 37.2 Å². The molecule has 14 heteroatoms. The van der Waals surface area contributed by atoms with E-state index >= 15 is 0 Å². The minimum Gasteiger partial charge on any atom is -0.497 e. The van der Waals surface area contributed by atoms with Gasteiger partial charge in [-0.1, -0.05) is 111 Å². The zero-order valence-electron chi connectivity index (χ0n) is 30.5. The number of fused-ring (bicyclic) bond motifs is 1. The largest absolute Gasteiger partial charge is 0.497 e. The maximum absolute atomic E-state index is 14.2. The van der Waals surface area contributed by atoms with Crippen LogP contribution in [0.15, 0.2) is 83.2 Å². The fourth-order valence-electron chi connectivity index (χ4n) is 6.30. The van der Waals surface area contributed by atoms with E-state index in [-0.39, 0.29) is 24.6 Å². The predicted octanol–water partition coefficient (Wildman–Crippen LogP) is 3.50. The zero-order chi connectivity index (χ0) is 38.1. The number of aryl methyl sites for hydroxylation is 1. The average molecular weight is 761 g/mol. The summed E-state index contributed by atoms with van der Waals surface area (Å²) in [5, 5.41) is 44.1. The van der Waals surface area contributed by atoms with Gasteiger partial charge in [-0.15, -0.1) is 10.2 Å². The van der Waals surface area contributed by atoms with Gasteiger partial charge in [0, 0.05) is 13.0 Å². The SMILES string of the molecule is COc1ccc(CN[C@@H](C(=O)NC2c3ccccc3CC2O)[C@H](O)[C@H](Cc2ccccc2)NC(=O)[C@@H](NC(=O)CSc2nnc(C)s2)C(C)(C)C)cc1. The van der Waals surface area contributed by atoms with Gasteiger partial charge < -0.3 is 30.9 Å². The van der Waals surface area contributed by atoms with Crippen molar-refractivity contribution < 1.29 is 29.3 Å². The molecule has 6 N–H and O–H groups in total. The summed E-state index contributed by atoms with van der Waals surface area (Å²) >= 11 is 2.62. The molecule has 3 aromatic carbocycles. The molecule has 1 aromatic heterocycles. The molecule has 2 unspecified atom stereocenters. The number of carbonyl (C=O) groups is 3. The maximum Gasteiger partial charge on any atom is 0.243 e. The van der Waals surface area contributed by atoms with E-state index in [1.165, 1.54) is 23.1 Å². The molecule has 0 fully saturated rings.